The molecule has 28 heavy (non-hydrogen) atoms. The summed E-state index contributed by atoms with van der Waals surface area (Å²) in [4.78, 5) is 12.9. The van der Waals surface area contributed by atoms with Crippen LogP contribution in [0.3, 0.4) is 0 Å². The van der Waals surface area contributed by atoms with Crippen LogP contribution in [-0.2, 0) is 0 Å². The van der Waals surface area contributed by atoms with E-state index in [0.29, 0.717) is 22.4 Å². The van der Waals surface area contributed by atoms with E-state index in [1.54, 1.807) is 30.3 Å². The summed E-state index contributed by atoms with van der Waals surface area (Å²) in [6, 6.07) is 16.9. The Hall–Kier alpha value is -2.92. The van der Waals surface area contributed by atoms with Gasteiger partial charge < -0.3 is 10.1 Å². The molecule has 3 aromatic rings. The van der Waals surface area contributed by atoms with Crippen LogP contribution in [0.15, 0.2) is 71.7 Å². The number of rotatable bonds is 6. The molecular weight excluding hydrogens is 421 g/mol. The summed E-state index contributed by atoms with van der Waals surface area (Å²) in [5.41, 5.74) is 4.03. The van der Waals surface area contributed by atoms with Crippen LogP contribution in [0.4, 0.5) is 15.8 Å². The van der Waals surface area contributed by atoms with Gasteiger partial charge in [0.05, 0.1) is 12.7 Å². The predicted molar refractivity (Wildman–Crippen MR) is 115 cm³/mol. The number of methoxy groups -OCH3 is 1. The number of nitrogens with one attached hydrogen (secondary N) is 1. The van der Waals surface area contributed by atoms with Crippen LogP contribution in [0.1, 0.15) is 28.4 Å². The lowest BCUT2D eigenvalue weighted by Crippen LogP contribution is -2.04. The van der Waals surface area contributed by atoms with Crippen LogP contribution in [0.2, 0.25) is 0 Å². The minimum atomic E-state index is -0.313. The molecule has 0 aliphatic carbocycles. The van der Waals surface area contributed by atoms with E-state index in [9.17, 15) is 9.18 Å². The van der Waals surface area contributed by atoms with E-state index in [0.717, 1.165) is 21.4 Å². The number of carbonyl (C=O) groups is 1. The van der Waals surface area contributed by atoms with Gasteiger partial charge in [0.1, 0.15) is 11.6 Å². The highest BCUT2D eigenvalue weighted by molar-refractivity contribution is 9.10. The SMILES string of the molecule is C=C(C)c1cc(F)ccc1Nc1ccc(C(=O)c2cc(Br)ccc2OC)cc1. The van der Waals surface area contributed by atoms with Crippen molar-refractivity contribution in [1.82, 2.24) is 0 Å². The summed E-state index contributed by atoms with van der Waals surface area (Å²) in [6.45, 7) is 5.72. The summed E-state index contributed by atoms with van der Waals surface area (Å²) < 4.78 is 19.6. The number of hydrogen-bond acceptors (Lipinski definition) is 3. The van der Waals surface area contributed by atoms with Gasteiger partial charge in [0.15, 0.2) is 5.78 Å². The van der Waals surface area contributed by atoms with Gasteiger partial charge in [-0.15, -0.1) is 0 Å². The van der Waals surface area contributed by atoms with E-state index in [-0.39, 0.29) is 11.6 Å². The Labute approximate surface area is 172 Å². The fraction of sp³-hybridized carbons (Fsp3) is 0.0870. The molecule has 1 N–H and O–H groups in total. The van der Waals surface area contributed by atoms with Crippen molar-refractivity contribution in [2.24, 2.45) is 0 Å². The Bertz CT molecular complexity index is 1040. The molecule has 0 saturated heterocycles. The lowest BCUT2D eigenvalue weighted by atomic mass is 10.0. The Kier molecular flexibility index (Phi) is 5.95. The van der Waals surface area contributed by atoms with Crippen LogP contribution < -0.4 is 10.1 Å². The van der Waals surface area contributed by atoms with Gasteiger partial charge in [0.25, 0.3) is 0 Å². The van der Waals surface area contributed by atoms with Gasteiger partial charge in [0.2, 0.25) is 0 Å². The van der Waals surface area contributed by atoms with Gasteiger partial charge in [-0.25, -0.2) is 4.39 Å². The molecule has 0 aliphatic rings. The molecule has 0 aromatic heterocycles. The molecule has 3 rings (SSSR count). The van der Waals surface area contributed by atoms with Crippen LogP contribution in [0, 0.1) is 5.82 Å². The number of hydrogen-bond donors (Lipinski definition) is 1. The highest BCUT2D eigenvalue weighted by Crippen LogP contribution is 2.28. The van der Waals surface area contributed by atoms with E-state index in [4.69, 9.17) is 4.74 Å². The van der Waals surface area contributed by atoms with E-state index in [2.05, 4.69) is 27.8 Å². The monoisotopic (exact) mass is 439 g/mol. The van der Waals surface area contributed by atoms with Crippen molar-refractivity contribution in [2.45, 2.75) is 6.92 Å². The number of benzene rings is 3. The molecule has 5 heteroatoms. The first-order valence-corrected chi connectivity index (χ1v) is 9.39. The second-order valence-corrected chi connectivity index (χ2v) is 7.26. The van der Waals surface area contributed by atoms with E-state index in [1.807, 2.05) is 25.1 Å². The van der Waals surface area contributed by atoms with Gasteiger partial charge in [0, 0.05) is 27.0 Å². The molecule has 0 aliphatic heterocycles. The zero-order valence-electron chi connectivity index (χ0n) is 15.6. The van der Waals surface area contributed by atoms with Crippen LogP contribution >= 0.6 is 15.9 Å². The second kappa shape index (κ2) is 8.40. The molecule has 0 saturated carbocycles. The minimum absolute atomic E-state index is 0.130. The topological polar surface area (TPSA) is 38.3 Å². The van der Waals surface area contributed by atoms with Crippen molar-refractivity contribution in [1.29, 1.82) is 0 Å². The summed E-state index contributed by atoms with van der Waals surface area (Å²) in [6.07, 6.45) is 0. The molecule has 0 radical (unpaired) electrons. The third-order valence-corrected chi connectivity index (χ3v) is 4.77. The maximum Gasteiger partial charge on any atom is 0.196 e. The zero-order chi connectivity index (χ0) is 20.3. The number of ketones is 1. The molecule has 142 valence electrons. The fourth-order valence-electron chi connectivity index (χ4n) is 2.85. The second-order valence-electron chi connectivity index (χ2n) is 6.35. The molecule has 0 bridgehead atoms. The van der Waals surface area contributed by atoms with Crippen molar-refractivity contribution >= 4 is 38.7 Å². The van der Waals surface area contributed by atoms with Gasteiger partial charge in [-0.1, -0.05) is 22.5 Å². The maximum absolute atomic E-state index is 13.5. The average molecular weight is 440 g/mol. The average Bonchev–Trinajstić information content (AvgIpc) is 2.69. The zero-order valence-corrected chi connectivity index (χ0v) is 17.1. The number of anilines is 2. The standard InChI is InChI=1S/C23H19BrFNO2/c1-14(2)19-13-17(25)7-10-21(19)26-18-8-4-15(5-9-18)23(27)20-12-16(24)6-11-22(20)28-3/h4-13,26H,1H2,2-3H3. The number of ether oxygens (including phenoxy) is 1. The normalized spacial score (nSPS) is 10.4. The first kappa shape index (κ1) is 19.8. The molecular formula is C23H19BrFNO2. The van der Waals surface area contributed by atoms with Crippen LogP contribution in [0.5, 0.6) is 5.75 Å². The van der Waals surface area contributed by atoms with Crippen molar-refractivity contribution in [3.8, 4) is 5.75 Å². The van der Waals surface area contributed by atoms with E-state index < -0.39 is 0 Å². The number of allylic oxidation sites excluding steroid dienone is 1. The highest BCUT2D eigenvalue weighted by atomic mass is 79.9. The fourth-order valence-corrected chi connectivity index (χ4v) is 3.21. The Morgan fingerprint density at radius 3 is 2.39 bits per heavy atom. The van der Waals surface area contributed by atoms with Crippen LogP contribution in [-0.4, -0.2) is 12.9 Å². The third-order valence-electron chi connectivity index (χ3n) is 4.27. The minimum Gasteiger partial charge on any atom is -0.496 e. The van der Waals surface area contributed by atoms with Gasteiger partial charge in [-0.3, -0.25) is 4.79 Å². The smallest absolute Gasteiger partial charge is 0.196 e. The Balaban J connectivity index is 1.86. The summed E-state index contributed by atoms with van der Waals surface area (Å²) in [5.74, 6) is 0.0781. The largest absolute Gasteiger partial charge is 0.496 e. The van der Waals surface area contributed by atoms with Gasteiger partial charge in [-0.2, -0.15) is 0 Å². The van der Waals surface area contributed by atoms with Crippen molar-refractivity contribution < 1.29 is 13.9 Å². The molecule has 3 nitrogen and oxygen atoms in total. The molecule has 0 atom stereocenters. The van der Waals surface area contributed by atoms with Crippen molar-refractivity contribution in [3.63, 3.8) is 0 Å². The summed E-state index contributed by atoms with van der Waals surface area (Å²) in [7, 11) is 1.54. The summed E-state index contributed by atoms with van der Waals surface area (Å²) in [5, 5.41) is 3.25. The van der Waals surface area contributed by atoms with E-state index >= 15 is 0 Å². The quantitative estimate of drug-likeness (QED) is 0.439. The lowest BCUT2D eigenvalue weighted by Gasteiger charge is -2.13. The number of halogens is 2. The molecule has 0 unspecified atom stereocenters. The van der Waals surface area contributed by atoms with Gasteiger partial charge in [-0.05, 0) is 73.2 Å². The first-order chi connectivity index (χ1) is 13.4. The summed E-state index contributed by atoms with van der Waals surface area (Å²) >= 11 is 3.39. The molecule has 0 heterocycles. The first-order valence-electron chi connectivity index (χ1n) is 8.60. The van der Waals surface area contributed by atoms with Crippen molar-refractivity contribution in [2.75, 3.05) is 12.4 Å². The Morgan fingerprint density at radius 2 is 1.75 bits per heavy atom. The third kappa shape index (κ3) is 4.31. The maximum atomic E-state index is 13.5. The predicted octanol–water partition coefficient (Wildman–Crippen LogP) is 6.60. The molecule has 3 aromatic carbocycles. The van der Waals surface area contributed by atoms with Gasteiger partial charge >= 0.3 is 0 Å². The number of carbonyl (C=O) groups excluding carboxylic acids is 1. The van der Waals surface area contributed by atoms with Crippen molar-refractivity contribution in [3.05, 3.63) is 94.2 Å². The molecule has 0 fully saturated rings. The molecule has 0 spiro atoms. The van der Waals surface area contributed by atoms with E-state index in [1.165, 1.54) is 19.2 Å². The molecule has 0 amide bonds. The lowest BCUT2D eigenvalue weighted by molar-refractivity contribution is 0.103. The van der Waals surface area contributed by atoms with Crippen LogP contribution in [0.25, 0.3) is 5.57 Å². The Morgan fingerprint density at radius 1 is 1.04 bits per heavy atom. The highest BCUT2D eigenvalue weighted by Gasteiger charge is 2.15.